The lowest BCUT2D eigenvalue weighted by Gasteiger charge is -2.21. The van der Waals surface area contributed by atoms with Crippen LogP contribution in [-0.4, -0.2) is 21.1 Å². The molecule has 1 amide bonds. The fourth-order valence-corrected chi connectivity index (χ4v) is 2.08. The highest BCUT2D eigenvalue weighted by Crippen LogP contribution is 2.37. The molecule has 2 N–H and O–H groups in total. The van der Waals surface area contributed by atoms with Crippen LogP contribution in [0.25, 0.3) is 0 Å². The zero-order valence-corrected chi connectivity index (χ0v) is 8.92. The summed E-state index contributed by atoms with van der Waals surface area (Å²) in [6.07, 6.45) is 5.75. The lowest BCUT2D eigenvalue weighted by Crippen LogP contribution is -2.36. The van der Waals surface area contributed by atoms with Gasteiger partial charge in [-0.05, 0) is 12.8 Å². The van der Waals surface area contributed by atoms with Gasteiger partial charge in [-0.2, -0.15) is 5.10 Å². The van der Waals surface area contributed by atoms with Gasteiger partial charge in [-0.1, -0.05) is 19.8 Å². The van der Waals surface area contributed by atoms with Crippen molar-refractivity contribution in [2.75, 3.05) is 0 Å². The van der Waals surface area contributed by atoms with E-state index in [-0.39, 0.29) is 11.3 Å². The first-order chi connectivity index (χ1) is 7.21. The Bertz CT molecular complexity index is 327. The van der Waals surface area contributed by atoms with Crippen LogP contribution in [0.3, 0.4) is 0 Å². The summed E-state index contributed by atoms with van der Waals surface area (Å²) >= 11 is 0. The number of carbonyl (C=O) groups excluding carboxylic acids is 1. The molecule has 0 atom stereocenters. The molecule has 1 aromatic heterocycles. The van der Waals surface area contributed by atoms with E-state index in [9.17, 15) is 4.79 Å². The molecule has 5 heteroatoms. The van der Waals surface area contributed by atoms with Crippen LogP contribution in [0.5, 0.6) is 0 Å². The molecule has 2 rings (SSSR count). The van der Waals surface area contributed by atoms with Crippen LogP contribution in [0.4, 0.5) is 0 Å². The van der Waals surface area contributed by atoms with Gasteiger partial charge < -0.3 is 5.32 Å². The predicted molar refractivity (Wildman–Crippen MR) is 54.8 cm³/mol. The Kier molecular flexibility index (Phi) is 2.70. The summed E-state index contributed by atoms with van der Waals surface area (Å²) in [6.45, 7) is 2.48. The van der Waals surface area contributed by atoms with Gasteiger partial charge in [-0.25, -0.2) is 4.98 Å². The minimum atomic E-state index is -0.167. The van der Waals surface area contributed by atoms with E-state index in [0.29, 0.717) is 12.4 Å². The highest BCUT2D eigenvalue weighted by molar-refractivity contribution is 5.82. The summed E-state index contributed by atoms with van der Waals surface area (Å²) in [7, 11) is 0. The van der Waals surface area contributed by atoms with Crippen LogP contribution in [0.2, 0.25) is 0 Å². The van der Waals surface area contributed by atoms with Crippen molar-refractivity contribution < 1.29 is 4.79 Å². The van der Waals surface area contributed by atoms with Crippen molar-refractivity contribution in [1.82, 2.24) is 20.5 Å². The third-order valence-electron chi connectivity index (χ3n) is 3.14. The van der Waals surface area contributed by atoms with Gasteiger partial charge in [0.1, 0.15) is 12.2 Å². The first-order valence-electron chi connectivity index (χ1n) is 5.33. The number of aromatic nitrogens is 3. The molecule has 0 bridgehead atoms. The number of hydrogen-bond acceptors (Lipinski definition) is 3. The molecular formula is C10H16N4O. The van der Waals surface area contributed by atoms with E-state index < -0.39 is 0 Å². The van der Waals surface area contributed by atoms with E-state index in [0.717, 1.165) is 25.7 Å². The summed E-state index contributed by atoms with van der Waals surface area (Å²) in [6, 6.07) is 0. The van der Waals surface area contributed by atoms with Crippen molar-refractivity contribution in [2.45, 2.75) is 39.2 Å². The number of aromatic amines is 1. The number of amides is 1. The molecule has 0 spiro atoms. The SMILES string of the molecule is CC1(C(=O)NCc2ncn[nH]2)CCCC1. The minimum absolute atomic E-state index is 0.136. The molecule has 0 aliphatic heterocycles. The number of carbonyl (C=O) groups is 1. The van der Waals surface area contributed by atoms with Crippen molar-refractivity contribution in [1.29, 1.82) is 0 Å². The second kappa shape index (κ2) is 4.00. The number of nitrogens with one attached hydrogen (secondary N) is 2. The summed E-state index contributed by atoms with van der Waals surface area (Å²) in [4.78, 5) is 15.8. The molecule has 0 aromatic carbocycles. The molecule has 82 valence electrons. The van der Waals surface area contributed by atoms with E-state index in [1.807, 2.05) is 6.92 Å². The van der Waals surface area contributed by atoms with Gasteiger partial charge in [0.25, 0.3) is 0 Å². The highest BCUT2D eigenvalue weighted by Gasteiger charge is 2.35. The second-order valence-electron chi connectivity index (χ2n) is 4.38. The van der Waals surface area contributed by atoms with Crippen LogP contribution in [0.1, 0.15) is 38.4 Å². The molecular weight excluding hydrogens is 192 g/mol. The Morgan fingerprint density at radius 2 is 2.33 bits per heavy atom. The van der Waals surface area contributed by atoms with E-state index in [2.05, 4.69) is 20.5 Å². The minimum Gasteiger partial charge on any atom is -0.348 e. The summed E-state index contributed by atoms with van der Waals surface area (Å²) in [5, 5.41) is 9.34. The molecule has 15 heavy (non-hydrogen) atoms. The van der Waals surface area contributed by atoms with Gasteiger partial charge in [-0.15, -0.1) is 0 Å². The number of hydrogen-bond donors (Lipinski definition) is 2. The fourth-order valence-electron chi connectivity index (χ4n) is 2.08. The molecule has 0 saturated heterocycles. The number of nitrogens with zero attached hydrogens (tertiary/aromatic N) is 2. The van der Waals surface area contributed by atoms with Gasteiger partial charge in [0.2, 0.25) is 5.91 Å². The lowest BCUT2D eigenvalue weighted by atomic mass is 9.88. The Balaban J connectivity index is 1.87. The maximum Gasteiger partial charge on any atom is 0.226 e. The maximum atomic E-state index is 11.9. The van der Waals surface area contributed by atoms with Gasteiger partial charge in [0, 0.05) is 5.41 Å². The average molecular weight is 208 g/mol. The Labute approximate surface area is 88.7 Å². The van der Waals surface area contributed by atoms with Gasteiger partial charge in [0.05, 0.1) is 6.54 Å². The van der Waals surface area contributed by atoms with Crippen molar-refractivity contribution >= 4 is 5.91 Å². The Morgan fingerprint density at radius 1 is 1.60 bits per heavy atom. The largest absolute Gasteiger partial charge is 0.348 e. The van der Waals surface area contributed by atoms with E-state index in [1.165, 1.54) is 6.33 Å². The first kappa shape index (κ1) is 10.1. The third-order valence-corrected chi connectivity index (χ3v) is 3.14. The molecule has 0 radical (unpaired) electrons. The fraction of sp³-hybridized carbons (Fsp3) is 0.700. The summed E-state index contributed by atoms with van der Waals surface area (Å²) < 4.78 is 0. The quantitative estimate of drug-likeness (QED) is 0.778. The van der Waals surface area contributed by atoms with Crippen molar-refractivity contribution in [3.05, 3.63) is 12.2 Å². The van der Waals surface area contributed by atoms with Crippen LogP contribution in [0.15, 0.2) is 6.33 Å². The third kappa shape index (κ3) is 2.16. The average Bonchev–Trinajstić information content (AvgIpc) is 2.85. The monoisotopic (exact) mass is 208 g/mol. The van der Waals surface area contributed by atoms with Crippen LogP contribution < -0.4 is 5.32 Å². The molecule has 1 aliphatic carbocycles. The van der Waals surface area contributed by atoms with E-state index in [1.54, 1.807) is 0 Å². The van der Waals surface area contributed by atoms with Gasteiger partial charge >= 0.3 is 0 Å². The predicted octanol–water partition coefficient (Wildman–Crippen LogP) is 1.00. The molecule has 1 heterocycles. The normalized spacial score (nSPS) is 19.0. The highest BCUT2D eigenvalue weighted by atomic mass is 16.2. The van der Waals surface area contributed by atoms with Crippen molar-refractivity contribution in [3.8, 4) is 0 Å². The molecule has 1 saturated carbocycles. The Morgan fingerprint density at radius 3 is 2.93 bits per heavy atom. The molecule has 0 unspecified atom stereocenters. The standard InChI is InChI=1S/C10H16N4O/c1-10(4-2-3-5-10)9(15)11-6-8-12-7-13-14-8/h7H,2-6H2,1H3,(H,11,15)(H,12,13,14). The number of rotatable bonds is 3. The zero-order chi connectivity index (χ0) is 10.7. The second-order valence-corrected chi connectivity index (χ2v) is 4.38. The molecule has 5 nitrogen and oxygen atoms in total. The van der Waals surface area contributed by atoms with Crippen LogP contribution in [-0.2, 0) is 11.3 Å². The number of H-pyrrole nitrogens is 1. The van der Waals surface area contributed by atoms with E-state index in [4.69, 9.17) is 0 Å². The first-order valence-corrected chi connectivity index (χ1v) is 5.33. The van der Waals surface area contributed by atoms with Gasteiger partial charge in [0.15, 0.2) is 0 Å². The van der Waals surface area contributed by atoms with E-state index >= 15 is 0 Å². The van der Waals surface area contributed by atoms with Crippen molar-refractivity contribution in [3.63, 3.8) is 0 Å². The molecule has 1 fully saturated rings. The Hall–Kier alpha value is -1.39. The van der Waals surface area contributed by atoms with Crippen LogP contribution in [0, 0.1) is 5.41 Å². The maximum absolute atomic E-state index is 11.9. The molecule has 1 aliphatic rings. The van der Waals surface area contributed by atoms with Gasteiger partial charge in [-0.3, -0.25) is 9.89 Å². The smallest absolute Gasteiger partial charge is 0.226 e. The van der Waals surface area contributed by atoms with Crippen LogP contribution >= 0.6 is 0 Å². The summed E-state index contributed by atoms with van der Waals surface area (Å²) in [5.41, 5.74) is -0.167. The topological polar surface area (TPSA) is 70.7 Å². The summed E-state index contributed by atoms with van der Waals surface area (Å²) in [5.74, 6) is 0.835. The lowest BCUT2D eigenvalue weighted by molar-refractivity contribution is -0.130. The zero-order valence-electron chi connectivity index (χ0n) is 8.92. The van der Waals surface area contributed by atoms with Crippen molar-refractivity contribution in [2.24, 2.45) is 5.41 Å². The molecule has 1 aromatic rings.